The van der Waals surface area contributed by atoms with E-state index < -0.39 is 33.0 Å². The number of carbonyl (C=O) groups is 1. The molecule has 47 heavy (non-hydrogen) atoms. The Kier molecular flexibility index (Phi) is 19.9. The lowest BCUT2D eigenvalue weighted by Crippen LogP contribution is -2.36. The van der Waals surface area contributed by atoms with Gasteiger partial charge in [0.25, 0.3) is 5.97 Å². The standard InChI is InChI=1S/C37H77NO5Si4/c1-15-17-19-23-33(41-45(6,7)8)25-26-34-31(30-44(3,4)5)28-36(42-46(9,10)11)35(34)29-32(38-40-27-18-16-2)22-20-21-24-37(39)43-47(12,13)14/h25-26,31,33-36H,15-24,27-30H2,1-14H3/b26-25+,38-32+/t31-,33-,34+,35-,36-/m0/s1. The van der Waals surface area contributed by atoms with Crippen molar-refractivity contribution in [3.63, 3.8) is 0 Å². The summed E-state index contributed by atoms with van der Waals surface area (Å²) in [5.41, 5.74) is 1.12. The van der Waals surface area contributed by atoms with Crippen LogP contribution in [0.3, 0.4) is 0 Å². The van der Waals surface area contributed by atoms with Crippen molar-refractivity contribution in [1.29, 1.82) is 0 Å². The second-order valence-corrected chi connectivity index (χ2v) is 37.1. The number of hydrogen-bond acceptors (Lipinski definition) is 6. The molecule has 0 saturated heterocycles. The van der Waals surface area contributed by atoms with Crippen molar-refractivity contribution in [3.05, 3.63) is 12.2 Å². The number of unbranched alkanes of at least 4 members (excludes halogenated alkanes) is 4. The third-order valence-electron chi connectivity index (χ3n) is 8.35. The molecule has 276 valence electrons. The van der Waals surface area contributed by atoms with Gasteiger partial charge in [-0.1, -0.05) is 82.5 Å². The number of hydrogen-bond donors (Lipinski definition) is 0. The van der Waals surface area contributed by atoms with Crippen LogP contribution < -0.4 is 0 Å². The van der Waals surface area contributed by atoms with E-state index in [2.05, 4.69) is 105 Å². The molecule has 0 radical (unpaired) electrons. The van der Waals surface area contributed by atoms with E-state index in [1.165, 1.54) is 25.3 Å². The van der Waals surface area contributed by atoms with Gasteiger partial charge in [-0.15, -0.1) is 0 Å². The predicted molar refractivity (Wildman–Crippen MR) is 214 cm³/mol. The van der Waals surface area contributed by atoms with Gasteiger partial charge in [-0.05, 0) is 122 Å². The van der Waals surface area contributed by atoms with Crippen molar-refractivity contribution < 1.29 is 22.9 Å². The highest BCUT2D eigenvalue weighted by molar-refractivity contribution is 6.76. The quantitative estimate of drug-likeness (QED) is 0.0325. The molecule has 1 saturated carbocycles. The Balaban J connectivity index is 3.41. The van der Waals surface area contributed by atoms with E-state index in [-0.39, 0.29) is 18.2 Å². The monoisotopic (exact) mass is 727 g/mol. The van der Waals surface area contributed by atoms with Gasteiger partial charge in [-0.25, -0.2) is 0 Å². The molecule has 0 amide bonds. The Bertz CT molecular complexity index is 946. The summed E-state index contributed by atoms with van der Waals surface area (Å²) in [6, 6.07) is 1.30. The van der Waals surface area contributed by atoms with Gasteiger partial charge >= 0.3 is 0 Å². The number of allylic oxidation sites excluding steroid dienone is 1. The van der Waals surface area contributed by atoms with Crippen LogP contribution in [0.5, 0.6) is 0 Å². The summed E-state index contributed by atoms with van der Waals surface area (Å²) in [5.74, 6) is 1.32. The first kappa shape index (κ1) is 44.5. The van der Waals surface area contributed by atoms with Crippen LogP contribution in [-0.2, 0) is 22.9 Å². The maximum atomic E-state index is 12.4. The predicted octanol–water partition coefficient (Wildman–Crippen LogP) is 11.7. The molecule has 1 aliphatic rings. The summed E-state index contributed by atoms with van der Waals surface area (Å²) < 4.78 is 19.5. The molecule has 10 heteroatoms. The van der Waals surface area contributed by atoms with Gasteiger partial charge in [0, 0.05) is 20.6 Å². The van der Waals surface area contributed by atoms with Crippen LogP contribution in [0.15, 0.2) is 17.3 Å². The summed E-state index contributed by atoms with van der Waals surface area (Å²) >= 11 is 0. The molecule has 0 bridgehead atoms. The maximum Gasteiger partial charge on any atom is 0.292 e. The first-order valence-electron chi connectivity index (χ1n) is 19.1. The Morgan fingerprint density at radius 3 is 2.00 bits per heavy atom. The van der Waals surface area contributed by atoms with Crippen molar-refractivity contribution in [3.8, 4) is 0 Å². The molecular weight excluding hydrogens is 651 g/mol. The Morgan fingerprint density at radius 2 is 1.45 bits per heavy atom. The van der Waals surface area contributed by atoms with Crippen LogP contribution in [0.25, 0.3) is 0 Å². The summed E-state index contributed by atoms with van der Waals surface area (Å²) in [7, 11) is -6.67. The Morgan fingerprint density at radius 1 is 0.809 bits per heavy atom. The van der Waals surface area contributed by atoms with Crippen molar-refractivity contribution >= 4 is 44.7 Å². The highest BCUT2D eigenvalue weighted by Crippen LogP contribution is 2.47. The molecule has 0 N–H and O–H groups in total. The molecule has 1 fully saturated rings. The SMILES string of the molecule is CCCCC[C@@H](/C=C/[C@@H]1[C@H](C[Si](C)(C)C)C[C@H](O[Si](C)(C)C)[C@H]1C/C(CCCCC(=O)O[Si](C)(C)C)=N/OCCCC)O[Si](C)(C)C. The molecule has 1 rings (SSSR count). The van der Waals surface area contributed by atoms with Crippen LogP contribution in [0.2, 0.25) is 84.6 Å². The molecule has 5 atom stereocenters. The largest absolute Gasteiger partial charge is 0.520 e. The molecule has 0 aromatic rings. The van der Waals surface area contributed by atoms with Gasteiger partial charge < -0.3 is 18.1 Å². The van der Waals surface area contributed by atoms with Crippen LogP contribution in [0, 0.1) is 17.8 Å². The van der Waals surface area contributed by atoms with E-state index in [9.17, 15) is 4.79 Å². The third kappa shape index (κ3) is 22.0. The fourth-order valence-electron chi connectivity index (χ4n) is 6.68. The average Bonchev–Trinajstić information content (AvgIpc) is 3.17. The molecule has 0 aliphatic heterocycles. The van der Waals surface area contributed by atoms with Gasteiger partial charge in [0.1, 0.15) is 6.61 Å². The van der Waals surface area contributed by atoms with E-state index in [0.29, 0.717) is 30.8 Å². The molecule has 0 heterocycles. The van der Waals surface area contributed by atoms with Crippen LogP contribution in [0.4, 0.5) is 0 Å². The molecule has 1 aliphatic carbocycles. The number of rotatable bonds is 24. The average molecular weight is 728 g/mol. The molecule has 0 unspecified atom stereocenters. The van der Waals surface area contributed by atoms with E-state index in [1.54, 1.807) is 0 Å². The zero-order chi connectivity index (χ0) is 35.9. The fourth-order valence-corrected chi connectivity index (χ4v) is 11.8. The number of carbonyl (C=O) groups excluding carboxylic acids is 1. The van der Waals surface area contributed by atoms with Gasteiger partial charge in [0.05, 0.1) is 11.8 Å². The smallest absolute Gasteiger partial charge is 0.292 e. The first-order chi connectivity index (χ1) is 21.6. The zero-order valence-corrected chi connectivity index (χ0v) is 37.4. The Hall–Kier alpha value is -0.532. The van der Waals surface area contributed by atoms with E-state index >= 15 is 0 Å². The van der Waals surface area contributed by atoms with Crippen LogP contribution in [0.1, 0.15) is 90.9 Å². The molecule has 0 aromatic heterocycles. The van der Waals surface area contributed by atoms with Crippen LogP contribution in [-0.4, -0.2) is 63.5 Å². The minimum absolute atomic E-state index is 0.0605. The molecule has 6 nitrogen and oxygen atoms in total. The van der Waals surface area contributed by atoms with E-state index in [0.717, 1.165) is 57.1 Å². The highest BCUT2D eigenvalue weighted by atomic mass is 28.4. The summed E-state index contributed by atoms with van der Waals surface area (Å²) in [4.78, 5) is 18.3. The van der Waals surface area contributed by atoms with Crippen molar-refractivity contribution in [1.82, 2.24) is 0 Å². The lowest BCUT2D eigenvalue weighted by atomic mass is 9.84. The van der Waals surface area contributed by atoms with E-state index in [1.807, 2.05) is 0 Å². The first-order valence-corrected chi connectivity index (χ1v) is 33.0. The number of oxime groups is 1. The Labute approximate surface area is 296 Å². The topological polar surface area (TPSA) is 66.4 Å². The third-order valence-corrected chi connectivity index (χ3v) is 13.0. The number of nitrogens with zero attached hydrogens (tertiary/aromatic N) is 1. The van der Waals surface area contributed by atoms with Gasteiger partial charge in [0.15, 0.2) is 16.6 Å². The van der Waals surface area contributed by atoms with Crippen molar-refractivity contribution in [2.24, 2.45) is 22.9 Å². The van der Waals surface area contributed by atoms with Crippen LogP contribution >= 0.6 is 0 Å². The normalized spacial score (nSPS) is 22.2. The molecule has 0 spiro atoms. The van der Waals surface area contributed by atoms with Crippen molar-refractivity contribution in [2.75, 3.05) is 6.61 Å². The maximum absolute atomic E-state index is 12.4. The van der Waals surface area contributed by atoms with Gasteiger partial charge in [-0.2, -0.15) is 0 Å². The second kappa shape index (κ2) is 21.0. The fraction of sp³-hybridized carbons (Fsp3) is 0.892. The highest BCUT2D eigenvalue weighted by Gasteiger charge is 2.45. The van der Waals surface area contributed by atoms with Gasteiger partial charge in [0.2, 0.25) is 8.32 Å². The minimum atomic E-state index is -1.87. The lowest BCUT2D eigenvalue weighted by Gasteiger charge is -2.31. The second-order valence-electron chi connectivity index (χ2n) is 18.3. The summed E-state index contributed by atoms with van der Waals surface area (Å²) in [6.45, 7) is 32.8. The van der Waals surface area contributed by atoms with Crippen molar-refractivity contribution in [2.45, 2.75) is 188 Å². The summed E-state index contributed by atoms with van der Waals surface area (Å²) in [5, 5.41) is 4.79. The lowest BCUT2D eigenvalue weighted by molar-refractivity contribution is -0.135. The summed E-state index contributed by atoms with van der Waals surface area (Å²) in [6.07, 6.45) is 17.3. The zero-order valence-electron chi connectivity index (χ0n) is 33.4. The van der Waals surface area contributed by atoms with E-state index in [4.69, 9.17) is 23.3 Å². The molecule has 0 aromatic carbocycles. The minimum Gasteiger partial charge on any atom is -0.520 e. The molecular formula is C37H77NO5Si4. The van der Waals surface area contributed by atoms with Gasteiger partial charge in [-0.3, -0.25) is 4.79 Å².